The molecular weight excluding hydrogens is 456 g/mol. The number of piperazine rings is 1. The summed E-state index contributed by atoms with van der Waals surface area (Å²) in [5, 5.41) is 9.27. The summed E-state index contributed by atoms with van der Waals surface area (Å²) in [7, 11) is -3.91. The zero-order valence-electron chi connectivity index (χ0n) is 18.8. The van der Waals surface area contributed by atoms with Crippen molar-refractivity contribution in [3.63, 3.8) is 0 Å². The van der Waals surface area contributed by atoms with Crippen LogP contribution in [0.5, 0.6) is 0 Å². The summed E-state index contributed by atoms with van der Waals surface area (Å²) in [5.41, 5.74) is 0.613. The second kappa shape index (κ2) is 9.00. The maximum Gasteiger partial charge on any atom is 0.262 e. The van der Waals surface area contributed by atoms with Crippen LogP contribution in [0.4, 0.5) is 0 Å². The van der Waals surface area contributed by atoms with Gasteiger partial charge in [0.1, 0.15) is 12.1 Å². The smallest absolute Gasteiger partial charge is 0.262 e. The third kappa shape index (κ3) is 3.87. The standard InChI is InChI=1S/C24H24N4O5S/c1-16(2)21(28-22(29)18-8-4-5-9-19(18)23(28)30)24(31)26-11-13-27(14-12-26)34(32,33)20-10-6-3-7-17(20)15-25/h3-10,16,21H,11-14H2,1-2H3. The van der Waals surface area contributed by atoms with E-state index in [1.165, 1.54) is 21.3 Å². The Morgan fingerprint density at radius 1 is 0.912 bits per heavy atom. The van der Waals surface area contributed by atoms with Gasteiger partial charge >= 0.3 is 0 Å². The Bertz CT molecular complexity index is 1270. The van der Waals surface area contributed by atoms with E-state index < -0.39 is 27.9 Å². The summed E-state index contributed by atoms with van der Waals surface area (Å²) in [6.45, 7) is 3.84. The van der Waals surface area contributed by atoms with Crippen LogP contribution in [0.3, 0.4) is 0 Å². The SMILES string of the molecule is CC(C)C(C(=O)N1CCN(S(=O)(=O)c2ccccc2C#N)CC1)N1C(=O)c2ccccc2C1=O. The number of sulfonamides is 1. The van der Waals surface area contributed by atoms with E-state index >= 15 is 0 Å². The number of nitrogens with zero attached hydrogens (tertiary/aromatic N) is 4. The lowest BCUT2D eigenvalue weighted by atomic mass is 10.0. The highest BCUT2D eigenvalue weighted by Gasteiger charge is 2.45. The second-order valence-corrected chi connectivity index (χ2v) is 10.5. The fraction of sp³-hybridized carbons (Fsp3) is 0.333. The number of carbonyl (C=O) groups is 3. The van der Waals surface area contributed by atoms with Gasteiger partial charge in [-0.2, -0.15) is 9.57 Å². The molecule has 0 N–H and O–H groups in total. The van der Waals surface area contributed by atoms with E-state index in [2.05, 4.69) is 0 Å². The molecule has 0 aliphatic carbocycles. The van der Waals surface area contributed by atoms with Crippen LogP contribution >= 0.6 is 0 Å². The molecule has 0 radical (unpaired) electrons. The molecule has 0 aromatic heterocycles. The molecule has 10 heteroatoms. The molecular formula is C24H24N4O5S. The van der Waals surface area contributed by atoms with Gasteiger partial charge in [-0.25, -0.2) is 8.42 Å². The normalized spacial score (nSPS) is 17.6. The Kier molecular flexibility index (Phi) is 6.25. The predicted molar refractivity (Wildman–Crippen MR) is 122 cm³/mol. The Labute approximate surface area is 198 Å². The Balaban J connectivity index is 1.52. The first-order chi connectivity index (χ1) is 16.2. The molecule has 2 aliphatic heterocycles. The van der Waals surface area contributed by atoms with Gasteiger partial charge in [0.2, 0.25) is 15.9 Å². The lowest BCUT2D eigenvalue weighted by molar-refractivity contribution is -0.138. The first-order valence-corrected chi connectivity index (χ1v) is 12.4. The number of carbonyl (C=O) groups excluding carboxylic acids is 3. The zero-order chi connectivity index (χ0) is 24.6. The van der Waals surface area contributed by atoms with Crippen molar-refractivity contribution in [3.8, 4) is 6.07 Å². The molecule has 1 saturated heterocycles. The quantitative estimate of drug-likeness (QED) is 0.601. The first-order valence-electron chi connectivity index (χ1n) is 10.9. The lowest BCUT2D eigenvalue weighted by Gasteiger charge is -2.38. The van der Waals surface area contributed by atoms with E-state index in [-0.39, 0.29) is 59.6 Å². The maximum absolute atomic E-state index is 13.5. The van der Waals surface area contributed by atoms with Gasteiger partial charge in [0.25, 0.3) is 11.8 Å². The lowest BCUT2D eigenvalue weighted by Crippen LogP contribution is -2.58. The molecule has 1 fully saturated rings. The molecule has 4 rings (SSSR count). The van der Waals surface area contributed by atoms with Gasteiger partial charge in [-0.05, 0) is 30.2 Å². The highest BCUT2D eigenvalue weighted by atomic mass is 32.2. The molecule has 1 unspecified atom stereocenters. The number of imide groups is 1. The highest BCUT2D eigenvalue weighted by Crippen LogP contribution is 2.29. The molecule has 34 heavy (non-hydrogen) atoms. The molecule has 9 nitrogen and oxygen atoms in total. The fourth-order valence-electron chi connectivity index (χ4n) is 4.41. The largest absolute Gasteiger partial charge is 0.338 e. The molecule has 0 spiro atoms. The van der Waals surface area contributed by atoms with Crippen LogP contribution in [0.25, 0.3) is 0 Å². The topological polar surface area (TPSA) is 119 Å². The van der Waals surface area contributed by atoms with Crippen LogP contribution in [0, 0.1) is 17.2 Å². The van der Waals surface area contributed by atoms with Crippen molar-refractivity contribution < 1.29 is 22.8 Å². The Morgan fingerprint density at radius 3 is 1.97 bits per heavy atom. The number of amides is 3. The van der Waals surface area contributed by atoms with Gasteiger partial charge in [0.15, 0.2) is 0 Å². The molecule has 2 aliphatic rings. The van der Waals surface area contributed by atoms with E-state index in [9.17, 15) is 28.1 Å². The average Bonchev–Trinajstić information content (AvgIpc) is 3.09. The van der Waals surface area contributed by atoms with Gasteiger partial charge in [0, 0.05) is 26.2 Å². The molecule has 2 aromatic rings. The number of rotatable bonds is 5. The predicted octanol–water partition coefficient (Wildman–Crippen LogP) is 1.71. The van der Waals surface area contributed by atoms with Crippen LogP contribution in [-0.4, -0.2) is 72.5 Å². The summed E-state index contributed by atoms with van der Waals surface area (Å²) in [6, 6.07) is 13.4. The van der Waals surface area contributed by atoms with Crippen molar-refractivity contribution in [3.05, 3.63) is 65.2 Å². The maximum atomic E-state index is 13.5. The summed E-state index contributed by atoms with van der Waals surface area (Å²) in [6.07, 6.45) is 0. The van der Waals surface area contributed by atoms with Crippen LogP contribution in [0.15, 0.2) is 53.4 Å². The highest BCUT2D eigenvalue weighted by molar-refractivity contribution is 7.89. The van der Waals surface area contributed by atoms with E-state index in [4.69, 9.17) is 0 Å². The second-order valence-electron chi connectivity index (χ2n) is 8.55. The zero-order valence-corrected chi connectivity index (χ0v) is 19.7. The van der Waals surface area contributed by atoms with Crippen LogP contribution in [0.1, 0.15) is 40.1 Å². The van der Waals surface area contributed by atoms with Gasteiger partial charge in [0.05, 0.1) is 21.6 Å². The molecule has 2 aromatic carbocycles. The Hall–Kier alpha value is -3.55. The summed E-state index contributed by atoms with van der Waals surface area (Å²) < 4.78 is 27.4. The number of benzene rings is 2. The van der Waals surface area contributed by atoms with Gasteiger partial charge in [-0.1, -0.05) is 38.1 Å². The van der Waals surface area contributed by atoms with E-state index in [1.807, 2.05) is 6.07 Å². The van der Waals surface area contributed by atoms with Gasteiger partial charge < -0.3 is 4.90 Å². The van der Waals surface area contributed by atoms with E-state index in [0.717, 1.165) is 4.90 Å². The molecule has 1 atom stereocenters. The van der Waals surface area contributed by atoms with Crippen molar-refractivity contribution in [1.82, 2.24) is 14.1 Å². The van der Waals surface area contributed by atoms with Crippen molar-refractivity contribution in [1.29, 1.82) is 5.26 Å². The summed E-state index contributed by atoms with van der Waals surface area (Å²) in [4.78, 5) is 41.8. The van der Waals surface area contributed by atoms with Crippen molar-refractivity contribution in [2.75, 3.05) is 26.2 Å². The van der Waals surface area contributed by atoms with Crippen molar-refractivity contribution in [2.24, 2.45) is 5.92 Å². The monoisotopic (exact) mass is 480 g/mol. The summed E-state index contributed by atoms with van der Waals surface area (Å²) >= 11 is 0. The summed E-state index contributed by atoms with van der Waals surface area (Å²) in [5.74, 6) is -1.72. The number of hydrogen-bond donors (Lipinski definition) is 0. The first kappa shape index (κ1) is 23.6. The minimum atomic E-state index is -3.91. The molecule has 2 heterocycles. The number of nitriles is 1. The van der Waals surface area contributed by atoms with E-state index in [1.54, 1.807) is 50.2 Å². The van der Waals surface area contributed by atoms with Crippen LogP contribution in [0.2, 0.25) is 0 Å². The van der Waals surface area contributed by atoms with Crippen molar-refractivity contribution >= 4 is 27.7 Å². The van der Waals surface area contributed by atoms with Crippen molar-refractivity contribution in [2.45, 2.75) is 24.8 Å². The molecule has 0 saturated carbocycles. The van der Waals surface area contributed by atoms with Gasteiger partial charge in [-0.3, -0.25) is 19.3 Å². The minimum absolute atomic E-state index is 0.0424. The third-order valence-electron chi connectivity index (χ3n) is 6.16. The van der Waals surface area contributed by atoms with Crippen LogP contribution < -0.4 is 0 Å². The number of hydrogen-bond acceptors (Lipinski definition) is 6. The average molecular weight is 481 g/mol. The van der Waals surface area contributed by atoms with Gasteiger partial charge in [-0.15, -0.1) is 0 Å². The number of fused-ring (bicyclic) bond motifs is 1. The van der Waals surface area contributed by atoms with Crippen LogP contribution in [-0.2, 0) is 14.8 Å². The molecule has 0 bridgehead atoms. The fourth-order valence-corrected chi connectivity index (χ4v) is 5.98. The van der Waals surface area contributed by atoms with E-state index in [0.29, 0.717) is 0 Å². The molecule has 3 amide bonds. The minimum Gasteiger partial charge on any atom is -0.338 e. The Morgan fingerprint density at radius 2 is 1.44 bits per heavy atom. The molecule has 176 valence electrons. The third-order valence-corrected chi connectivity index (χ3v) is 8.12.